The van der Waals surface area contributed by atoms with Crippen molar-refractivity contribution in [2.24, 2.45) is 0 Å². The van der Waals surface area contributed by atoms with Gasteiger partial charge in [-0.15, -0.1) is 0 Å². The molecule has 0 saturated carbocycles. The number of methoxy groups -OCH3 is 1. The number of esters is 1. The van der Waals surface area contributed by atoms with E-state index in [9.17, 15) is 9.59 Å². The highest BCUT2D eigenvalue weighted by molar-refractivity contribution is 6.03. The van der Waals surface area contributed by atoms with Crippen LogP contribution in [0, 0.1) is 6.92 Å². The van der Waals surface area contributed by atoms with Gasteiger partial charge in [0.15, 0.2) is 5.76 Å². The molecule has 3 aromatic rings. The number of anilines is 1. The van der Waals surface area contributed by atoms with Gasteiger partial charge in [0.2, 0.25) is 0 Å². The van der Waals surface area contributed by atoms with Crippen molar-refractivity contribution >= 4 is 17.6 Å². The molecule has 0 atom stereocenters. The molecule has 0 aliphatic heterocycles. The summed E-state index contributed by atoms with van der Waals surface area (Å²) in [5, 5.41) is 2.74. The second-order valence-corrected chi connectivity index (χ2v) is 5.89. The van der Waals surface area contributed by atoms with Gasteiger partial charge < -0.3 is 19.2 Å². The Bertz CT molecular complexity index is 930. The van der Waals surface area contributed by atoms with E-state index < -0.39 is 5.97 Å². The van der Waals surface area contributed by atoms with Crippen LogP contribution in [0.3, 0.4) is 0 Å². The van der Waals surface area contributed by atoms with Crippen LogP contribution in [0.1, 0.15) is 32.0 Å². The van der Waals surface area contributed by atoms with Gasteiger partial charge in [-0.1, -0.05) is 18.2 Å². The van der Waals surface area contributed by atoms with E-state index in [0.29, 0.717) is 11.3 Å². The van der Waals surface area contributed by atoms with Crippen molar-refractivity contribution in [2.45, 2.75) is 13.5 Å². The Morgan fingerprint density at radius 1 is 1.07 bits per heavy atom. The summed E-state index contributed by atoms with van der Waals surface area (Å²) in [5.74, 6) is 0.0774. The third-order valence-electron chi connectivity index (χ3n) is 4.00. The number of benzene rings is 2. The minimum Gasteiger partial charge on any atom is -0.497 e. The molecule has 0 radical (unpaired) electrons. The number of carbonyl (C=O) groups is 2. The number of hydrogen-bond donors (Lipinski definition) is 1. The molecule has 6 heteroatoms. The maximum Gasteiger partial charge on any atom is 0.338 e. The first kappa shape index (κ1) is 18.3. The summed E-state index contributed by atoms with van der Waals surface area (Å²) in [7, 11) is 1.59. The van der Waals surface area contributed by atoms with Gasteiger partial charge in [0.1, 0.15) is 12.4 Å². The van der Waals surface area contributed by atoms with Crippen LogP contribution in [0.2, 0.25) is 0 Å². The topological polar surface area (TPSA) is 77.8 Å². The fraction of sp³-hybridized carbons (Fsp3) is 0.143. The maximum absolute atomic E-state index is 12.3. The van der Waals surface area contributed by atoms with E-state index in [1.165, 1.54) is 6.26 Å². The van der Waals surface area contributed by atoms with Crippen molar-refractivity contribution < 1.29 is 23.5 Å². The smallest absolute Gasteiger partial charge is 0.338 e. The average Bonchev–Trinajstić information content (AvgIpc) is 3.23. The number of rotatable bonds is 6. The van der Waals surface area contributed by atoms with Crippen molar-refractivity contribution in [2.75, 3.05) is 12.4 Å². The van der Waals surface area contributed by atoms with E-state index in [-0.39, 0.29) is 18.3 Å². The molecular formula is C21H19NO5. The van der Waals surface area contributed by atoms with Crippen molar-refractivity contribution in [3.63, 3.8) is 0 Å². The average molecular weight is 365 g/mol. The molecule has 0 aliphatic carbocycles. The summed E-state index contributed by atoms with van der Waals surface area (Å²) < 4.78 is 15.5. The van der Waals surface area contributed by atoms with Crippen LogP contribution in [0.5, 0.6) is 5.75 Å². The molecule has 0 aliphatic rings. The molecule has 0 unspecified atom stereocenters. The van der Waals surface area contributed by atoms with E-state index in [4.69, 9.17) is 13.9 Å². The molecular weight excluding hydrogens is 346 g/mol. The highest BCUT2D eigenvalue weighted by atomic mass is 16.5. The predicted molar refractivity (Wildman–Crippen MR) is 100.0 cm³/mol. The third-order valence-corrected chi connectivity index (χ3v) is 4.00. The van der Waals surface area contributed by atoms with E-state index in [0.717, 1.165) is 16.9 Å². The Labute approximate surface area is 156 Å². The zero-order valence-electron chi connectivity index (χ0n) is 15.0. The molecule has 0 saturated heterocycles. The minimum atomic E-state index is -0.473. The SMILES string of the molecule is COc1ccc(COC(=O)c2ccc(C)c(NC(=O)c3ccco3)c2)cc1. The number of ether oxygens (including phenoxy) is 2. The highest BCUT2D eigenvalue weighted by Gasteiger charge is 2.14. The van der Waals surface area contributed by atoms with Gasteiger partial charge in [0.05, 0.1) is 18.9 Å². The van der Waals surface area contributed by atoms with Crippen LogP contribution in [0.25, 0.3) is 0 Å². The number of furan rings is 1. The van der Waals surface area contributed by atoms with Crippen molar-refractivity contribution in [3.8, 4) is 5.75 Å². The lowest BCUT2D eigenvalue weighted by molar-refractivity contribution is 0.0472. The molecule has 1 N–H and O–H groups in total. The van der Waals surface area contributed by atoms with Gasteiger partial charge in [0, 0.05) is 5.69 Å². The molecule has 138 valence electrons. The summed E-state index contributed by atoms with van der Waals surface area (Å²) in [6.07, 6.45) is 1.43. The standard InChI is InChI=1S/C21H19NO5/c1-14-5-8-16(12-18(14)22-20(23)19-4-3-11-26-19)21(24)27-13-15-6-9-17(25-2)10-7-15/h3-12H,13H2,1-2H3,(H,22,23). The molecule has 0 spiro atoms. The third kappa shape index (κ3) is 4.55. The Morgan fingerprint density at radius 2 is 1.85 bits per heavy atom. The van der Waals surface area contributed by atoms with Crippen LogP contribution in [0.15, 0.2) is 65.3 Å². The first-order valence-electron chi connectivity index (χ1n) is 8.32. The van der Waals surface area contributed by atoms with Crippen molar-refractivity contribution in [1.82, 2.24) is 0 Å². The zero-order chi connectivity index (χ0) is 19.2. The fourth-order valence-corrected chi connectivity index (χ4v) is 2.43. The first-order chi connectivity index (χ1) is 13.1. The maximum atomic E-state index is 12.3. The number of amides is 1. The normalized spacial score (nSPS) is 10.3. The minimum absolute atomic E-state index is 0.144. The monoisotopic (exact) mass is 365 g/mol. The number of carbonyl (C=O) groups excluding carboxylic acids is 2. The Morgan fingerprint density at radius 3 is 2.52 bits per heavy atom. The van der Waals surface area contributed by atoms with Crippen LogP contribution < -0.4 is 10.1 Å². The molecule has 1 heterocycles. The van der Waals surface area contributed by atoms with Crippen LogP contribution in [-0.4, -0.2) is 19.0 Å². The summed E-state index contributed by atoms with van der Waals surface area (Å²) in [6.45, 7) is 1.98. The highest BCUT2D eigenvalue weighted by Crippen LogP contribution is 2.19. The van der Waals surface area contributed by atoms with Crippen LogP contribution in [0.4, 0.5) is 5.69 Å². The van der Waals surface area contributed by atoms with Crippen LogP contribution >= 0.6 is 0 Å². The zero-order valence-corrected chi connectivity index (χ0v) is 15.0. The van der Waals surface area contributed by atoms with E-state index >= 15 is 0 Å². The van der Waals surface area contributed by atoms with Crippen LogP contribution in [-0.2, 0) is 11.3 Å². The molecule has 0 fully saturated rings. The molecule has 1 aromatic heterocycles. The summed E-state index contributed by atoms with van der Waals surface area (Å²) >= 11 is 0. The lowest BCUT2D eigenvalue weighted by Gasteiger charge is -2.10. The molecule has 3 rings (SSSR count). The summed E-state index contributed by atoms with van der Waals surface area (Å²) in [5.41, 5.74) is 2.54. The van der Waals surface area contributed by atoms with Gasteiger partial charge in [-0.3, -0.25) is 4.79 Å². The summed E-state index contributed by atoms with van der Waals surface area (Å²) in [4.78, 5) is 24.5. The fourth-order valence-electron chi connectivity index (χ4n) is 2.43. The first-order valence-corrected chi connectivity index (χ1v) is 8.32. The van der Waals surface area contributed by atoms with Gasteiger partial charge in [-0.2, -0.15) is 0 Å². The second kappa shape index (κ2) is 8.23. The van der Waals surface area contributed by atoms with Gasteiger partial charge >= 0.3 is 5.97 Å². The number of hydrogen-bond acceptors (Lipinski definition) is 5. The van der Waals surface area contributed by atoms with Gasteiger partial charge in [0.25, 0.3) is 5.91 Å². The van der Waals surface area contributed by atoms with Crippen molar-refractivity contribution in [3.05, 3.63) is 83.3 Å². The Hall–Kier alpha value is -3.54. The van der Waals surface area contributed by atoms with Gasteiger partial charge in [-0.05, 0) is 54.4 Å². The van der Waals surface area contributed by atoms with E-state index in [1.807, 2.05) is 19.1 Å². The summed E-state index contributed by atoms with van der Waals surface area (Å²) in [6, 6.07) is 15.5. The molecule has 1 amide bonds. The molecule has 2 aromatic carbocycles. The molecule has 27 heavy (non-hydrogen) atoms. The lowest BCUT2D eigenvalue weighted by atomic mass is 10.1. The predicted octanol–water partition coefficient (Wildman–Crippen LogP) is 4.21. The number of nitrogens with one attached hydrogen (secondary N) is 1. The Balaban J connectivity index is 1.66. The number of aryl methyl sites for hydroxylation is 1. The molecule has 0 bridgehead atoms. The quantitative estimate of drug-likeness (QED) is 0.662. The Kier molecular flexibility index (Phi) is 5.56. The van der Waals surface area contributed by atoms with Gasteiger partial charge in [-0.25, -0.2) is 4.79 Å². The van der Waals surface area contributed by atoms with E-state index in [1.54, 1.807) is 49.6 Å². The largest absolute Gasteiger partial charge is 0.497 e. The molecule has 6 nitrogen and oxygen atoms in total. The van der Waals surface area contributed by atoms with Crippen molar-refractivity contribution in [1.29, 1.82) is 0 Å². The second-order valence-electron chi connectivity index (χ2n) is 5.89. The van der Waals surface area contributed by atoms with E-state index in [2.05, 4.69) is 5.32 Å². The lowest BCUT2D eigenvalue weighted by Crippen LogP contribution is -2.13.